The Bertz CT molecular complexity index is 557. The van der Waals surface area contributed by atoms with Gasteiger partial charge in [-0.15, -0.1) is 0 Å². The highest BCUT2D eigenvalue weighted by molar-refractivity contribution is 5.93. The third-order valence-electron chi connectivity index (χ3n) is 2.62. The molecule has 0 atom stereocenters. The summed E-state index contributed by atoms with van der Waals surface area (Å²) in [4.78, 5) is 35.0. The Morgan fingerprint density at radius 2 is 1.90 bits per heavy atom. The van der Waals surface area contributed by atoms with Crippen LogP contribution in [0.15, 0.2) is 18.2 Å². The molecule has 8 nitrogen and oxygen atoms in total. The highest BCUT2D eigenvalue weighted by Gasteiger charge is 2.10. The molecule has 4 N–H and O–H groups in total. The van der Waals surface area contributed by atoms with Crippen LogP contribution in [0.5, 0.6) is 5.75 Å². The lowest BCUT2D eigenvalue weighted by atomic mass is 10.2. The van der Waals surface area contributed by atoms with E-state index in [-0.39, 0.29) is 35.9 Å². The number of phenols is 1. The van der Waals surface area contributed by atoms with E-state index in [4.69, 9.17) is 5.11 Å². The molecule has 0 saturated carbocycles. The first kappa shape index (κ1) is 16.3. The third kappa shape index (κ3) is 5.01. The molecule has 0 fully saturated rings. The lowest BCUT2D eigenvalue weighted by molar-refractivity contribution is -0.128. The molecule has 1 aromatic rings. The first-order chi connectivity index (χ1) is 9.81. The number of phenolic OH excluding ortho intramolecular Hbond substituents is 1. The normalized spacial score (nSPS) is 9.81. The second kappa shape index (κ2) is 7.13. The molecule has 114 valence electrons. The molecule has 1 aromatic carbocycles. The van der Waals surface area contributed by atoms with Crippen LogP contribution in [0.25, 0.3) is 0 Å². The van der Waals surface area contributed by atoms with Gasteiger partial charge in [-0.2, -0.15) is 0 Å². The van der Waals surface area contributed by atoms with E-state index in [1.54, 1.807) is 14.1 Å². The zero-order chi connectivity index (χ0) is 16.0. The van der Waals surface area contributed by atoms with Crippen molar-refractivity contribution >= 4 is 23.6 Å². The second-order valence-corrected chi connectivity index (χ2v) is 4.46. The van der Waals surface area contributed by atoms with Crippen molar-refractivity contribution in [2.75, 3.05) is 26.0 Å². The van der Waals surface area contributed by atoms with E-state index < -0.39 is 12.0 Å². The van der Waals surface area contributed by atoms with Crippen molar-refractivity contribution in [3.63, 3.8) is 0 Å². The summed E-state index contributed by atoms with van der Waals surface area (Å²) in [6.45, 7) is 0.150. The molecule has 0 aliphatic heterocycles. The molecule has 0 radical (unpaired) electrons. The number of urea groups is 1. The quantitative estimate of drug-likeness (QED) is 0.596. The topological polar surface area (TPSA) is 119 Å². The number of carboxylic acids is 1. The van der Waals surface area contributed by atoms with E-state index in [0.29, 0.717) is 0 Å². The van der Waals surface area contributed by atoms with Crippen LogP contribution in [-0.2, 0) is 4.79 Å². The molecule has 0 aliphatic carbocycles. The Hall–Kier alpha value is -2.77. The van der Waals surface area contributed by atoms with Gasteiger partial charge in [0.2, 0.25) is 5.91 Å². The maximum absolute atomic E-state index is 11.6. The summed E-state index contributed by atoms with van der Waals surface area (Å²) in [6.07, 6.45) is 0.157. The summed E-state index contributed by atoms with van der Waals surface area (Å²) in [7, 11) is 3.23. The minimum absolute atomic E-state index is 0.0800. The lowest BCUT2D eigenvalue weighted by Crippen LogP contribution is -2.33. The van der Waals surface area contributed by atoms with Crippen LogP contribution in [0.2, 0.25) is 0 Å². The second-order valence-electron chi connectivity index (χ2n) is 4.46. The minimum Gasteiger partial charge on any atom is -0.506 e. The van der Waals surface area contributed by atoms with Crippen LogP contribution in [0.1, 0.15) is 16.8 Å². The summed E-state index contributed by atoms with van der Waals surface area (Å²) >= 11 is 0. The molecule has 0 bridgehead atoms. The molecular formula is C13H17N3O5. The molecule has 0 aromatic heterocycles. The Morgan fingerprint density at radius 1 is 1.24 bits per heavy atom. The first-order valence-electron chi connectivity index (χ1n) is 6.12. The minimum atomic E-state index is -1.18. The van der Waals surface area contributed by atoms with E-state index in [0.717, 1.165) is 6.07 Å². The number of rotatable bonds is 5. The van der Waals surface area contributed by atoms with Gasteiger partial charge in [0.25, 0.3) is 0 Å². The number of amides is 3. The molecule has 0 heterocycles. The van der Waals surface area contributed by atoms with Crippen LogP contribution in [-0.4, -0.2) is 53.7 Å². The number of carbonyl (C=O) groups is 3. The highest BCUT2D eigenvalue weighted by atomic mass is 16.4. The van der Waals surface area contributed by atoms with Gasteiger partial charge in [0.1, 0.15) is 5.75 Å². The zero-order valence-corrected chi connectivity index (χ0v) is 11.7. The van der Waals surface area contributed by atoms with Gasteiger partial charge in [-0.1, -0.05) is 0 Å². The molecule has 8 heteroatoms. The van der Waals surface area contributed by atoms with Crippen molar-refractivity contribution in [3.8, 4) is 5.75 Å². The van der Waals surface area contributed by atoms with Crippen molar-refractivity contribution in [1.29, 1.82) is 0 Å². The summed E-state index contributed by atoms with van der Waals surface area (Å²) in [5.74, 6) is -1.65. The molecule has 1 rings (SSSR count). The van der Waals surface area contributed by atoms with Crippen LogP contribution in [0.4, 0.5) is 10.5 Å². The van der Waals surface area contributed by atoms with E-state index in [1.807, 2.05) is 0 Å². The van der Waals surface area contributed by atoms with Gasteiger partial charge < -0.3 is 25.7 Å². The fourth-order valence-corrected chi connectivity index (χ4v) is 1.44. The van der Waals surface area contributed by atoms with Gasteiger partial charge in [0, 0.05) is 27.1 Å². The Kier molecular flexibility index (Phi) is 5.53. The van der Waals surface area contributed by atoms with Gasteiger partial charge in [0.05, 0.1) is 11.3 Å². The van der Waals surface area contributed by atoms with E-state index in [2.05, 4.69) is 10.6 Å². The molecule has 0 spiro atoms. The molecule has 0 aliphatic rings. The predicted molar refractivity (Wildman–Crippen MR) is 75.4 cm³/mol. The summed E-state index contributed by atoms with van der Waals surface area (Å²) in [6, 6.07) is 2.98. The number of benzene rings is 1. The van der Waals surface area contributed by atoms with Crippen LogP contribution >= 0.6 is 0 Å². The smallest absolute Gasteiger partial charge is 0.335 e. The summed E-state index contributed by atoms with van der Waals surface area (Å²) in [5, 5.41) is 23.2. The number of nitrogens with zero attached hydrogens (tertiary/aromatic N) is 1. The molecule has 3 amide bonds. The Balaban J connectivity index is 2.52. The van der Waals surface area contributed by atoms with E-state index in [9.17, 15) is 19.5 Å². The predicted octanol–water partition coefficient (Wildman–Crippen LogP) is 0.690. The average Bonchev–Trinajstić information content (AvgIpc) is 2.40. The fraction of sp³-hybridized carbons (Fsp3) is 0.308. The Labute approximate surface area is 121 Å². The van der Waals surface area contributed by atoms with Gasteiger partial charge in [0.15, 0.2) is 0 Å². The third-order valence-corrected chi connectivity index (χ3v) is 2.62. The number of hydrogen-bond acceptors (Lipinski definition) is 4. The molecule has 0 saturated heterocycles. The van der Waals surface area contributed by atoms with Crippen molar-refractivity contribution in [3.05, 3.63) is 23.8 Å². The molecule has 0 unspecified atom stereocenters. The van der Waals surface area contributed by atoms with Crippen molar-refractivity contribution < 1.29 is 24.6 Å². The summed E-state index contributed by atoms with van der Waals surface area (Å²) in [5.41, 5.74) is -0.00789. The number of anilines is 1. The van der Waals surface area contributed by atoms with Gasteiger partial charge >= 0.3 is 12.0 Å². The van der Waals surface area contributed by atoms with Crippen molar-refractivity contribution in [1.82, 2.24) is 10.2 Å². The van der Waals surface area contributed by atoms with Gasteiger partial charge in [-0.25, -0.2) is 9.59 Å². The number of nitrogens with one attached hydrogen (secondary N) is 2. The van der Waals surface area contributed by atoms with Crippen LogP contribution in [0, 0.1) is 0 Å². The number of aromatic carboxylic acids is 1. The number of hydrogen-bond donors (Lipinski definition) is 4. The zero-order valence-electron chi connectivity index (χ0n) is 11.7. The SMILES string of the molecule is CN(C)C(=O)CCNC(=O)Nc1ccc(C(=O)O)cc1O. The van der Waals surface area contributed by atoms with Crippen LogP contribution < -0.4 is 10.6 Å². The van der Waals surface area contributed by atoms with Gasteiger partial charge in [-0.05, 0) is 18.2 Å². The number of carbonyl (C=O) groups excluding carboxylic acids is 2. The standard InChI is InChI=1S/C13H17N3O5/c1-16(2)11(18)5-6-14-13(21)15-9-4-3-8(12(19)20)7-10(9)17/h3-4,7,17H,5-6H2,1-2H3,(H,19,20)(H2,14,15,21). The highest BCUT2D eigenvalue weighted by Crippen LogP contribution is 2.24. The average molecular weight is 295 g/mol. The lowest BCUT2D eigenvalue weighted by Gasteiger charge is -2.11. The molecule has 21 heavy (non-hydrogen) atoms. The fourth-order valence-electron chi connectivity index (χ4n) is 1.44. The maximum atomic E-state index is 11.6. The Morgan fingerprint density at radius 3 is 2.43 bits per heavy atom. The van der Waals surface area contributed by atoms with Crippen molar-refractivity contribution in [2.45, 2.75) is 6.42 Å². The van der Waals surface area contributed by atoms with E-state index in [1.165, 1.54) is 17.0 Å². The number of carboxylic acid groups (broad SMARTS) is 1. The van der Waals surface area contributed by atoms with Gasteiger partial charge in [-0.3, -0.25) is 4.79 Å². The maximum Gasteiger partial charge on any atom is 0.335 e. The largest absolute Gasteiger partial charge is 0.506 e. The first-order valence-corrected chi connectivity index (χ1v) is 6.12. The monoisotopic (exact) mass is 295 g/mol. The number of aromatic hydroxyl groups is 1. The van der Waals surface area contributed by atoms with E-state index >= 15 is 0 Å². The van der Waals surface area contributed by atoms with Crippen molar-refractivity contribution in [2.24, 2.45) is 0 Å². The molecular weight excluding hydrogens is 278 g/mol. The summed E-state index contributed by atoms with van der Waals surface area (Å²) < 4.78 is 0. The van der Waals surface area contributed by atoms with Crippen LogP contribution in [0.3, 0.4) is 0 Å².